The summed E-state index contributed by atoms with van der Waals surface area (Å²) in [6.07, 6.45) is 2.30. The van der Waals surface area contributed by atoms with Gasteiger partial charge in [0.25, 0.3) is 5.91 Å². The molecule has 0 saturated carbocycles. The lowest BCUT2D eigenvalue weighted by Gasteiger charge is -2.37. The first kappa shape index (κ1) is 26.6. The number of hydrogen-bond donors (Lipinski definition) is 0. The minimum absolute atomic E-state index is 0.0102. The zero-order valence-corrected chi connectivity index (χ0v) is 23.0. The van der Waals surface area contributed by atoms with Crippen molar-refractivity contribution < 1.29 is 19.1 Å². The van der Waals surface area contributed by atoms with E-state index in [2.05, 4.69) is 40.9 Å². The number of likely N-dealkylation sites (tertiary alicyclic amines) is 1. The third kappa shape index (κ3) is 6.72. The first-order chi connectivity index (χ1) is 18.4. The monoisotopic (exact) mass is 540 g/mol. The number of piperazine rings is 1. The zero-order chi connectivity index (χ0) is 26.5. The Kier molecular flexibility index (Phi) is 8.59. The summed E-state index contributed by atoms with van der Waals surface area (Å²) in [6.45, 7) is 9.90. The van der Waals surface area contributed by atoms with E-state index in [1.807, 2.05) is 41.3 Å². The second-order valence-corrected chi connectivity index (χ2v) is 10.9. The highest BCUT2D eigenvalue weighted by molar-refractivity contribution is 6.39. The van der Waals surface area contributed by atoms with Crippen molar-refractivity contribution in [3.63, 3.8) is 0 Å². The van der Waals surface area contributed by atoms with Gasteiger partial charge in [-0.3, -0.25) is 9.69 Å². The van der Waals surface area contributed by atoms with Crippen molar-refractivity contribution in [2.24, 2.45) is 5.16 Å². The van der Waals surface area contributed by atoms with Gasteiger partial charge in [-0.15, -0.1) is 0 Å². The van der Waals surface area contributed by atoms with Gasteiger partial charge in [-0.1, -0.05) is 28.9 Å². The minimum atomic E-state index is -0.0807. The Balaban J connectivity index is 1.04. The number of oxime groups is 1. The second-order valence-electron chi connectivity index (χ2n) is 10.5. The van der Waals surface area contributed by atoms with Crippen LogP contribution >= 0.6 is 11.6 Å². The van der Waals surface area contributed by atoms with E-state index in [4.69, 9.17) is 25.9 Å². The molecule has 1 unspecified atom stereocenters. The van der Waals surface area contributed by atoms with Gasteiger partial charge in [0.2, 0.25) is 0 Å². The number of hydrogen-bond acceptors (Lipinski definition) is 7. The summed E-state index contributed by atoms with van der Waals surface area (Å²) in [4.78, 5) is 25.4. The van der Waals surface area contributed by atoms with Crippen LogP contribution in [0.1, 0.15) is 33.1 Å². The lowest BCUT2D eigenvalue weighted by molar-refractivity contribution is -0.125. The summed E-state index contributed by atoms with van der Waals surface area (Å²) in [7, 11) is 0. The first-order valence-corrected chi connectivity index (χ1v) is 14.0. The molecule has 0 N–H and O–H groups in total. The quantitative estimate of drug-likeness (QED) is 0.492. The molecule has 9 heteroatoms. The fourth-order valence-electron chi connectivity index (χ4n) is 5.25. The number of anilines is 1. The molecule has 8 nitrogen and oxygen atoms in total. The molecule has 0 spiro atoms. The third-order valence-electron chi connectivity index (χ3n) is 7.23. The number of carbonyl (C=O) groups is 1. The van der Waals surface area contributed by atoms with Crippen LogP contribution in [0.15, 0.2) is 53.7 Å². The van der Waals surface area contributed by atoms with Gasteiger partial charge in [0.15, 0.2) is 0 Å². The van der Waals surface area contributed by atoms with E-state index in [9.17, 15) is 4.79 Å². The molecule has 0 radical (unpaired) electrons. The van der Waals surface area contributed by atoms with Crippen LogP contribution in [0.25, 0.3) is 0 Å². The normalized spacial score (nSPS) is 20.8. The van der Waals surface area contributed by atoms with Gasteiger partial charge < -0.3 is 24.1 Å². The van der Waals surface area contributed by atoms with E-state index in [0.29, 0.717) is 30.2 Å². The molecule has 204 valence electrons. The van der Waals surface area contributed by atoms with Crippen molar-refractivity contribution in [2.75, 3.05) is 50.7 Å². The highest BCUT2D eigenvalue weighted by atomic mass is 35.5. The molecule has 3 heterocycles. The van der Waals surface area contributed by atoms with Crippen LogP contribution in [0.3, 0.4) is 0 Å². The van der Waals surface area contributed by atoms with Gasteiger partial charge in [0, 0.05) is 70.1 Å². The number of para-hydroxylation sites is 2. The maximum atomic E-state index is 13.1. The Morgan fingerprint density at radius 1 is 1.03 bits per heavy atom. The Hall–Kier alpha value is -2.97. The molecular weight excluding hydrogens is 504 g/mol. The topological polar surface area (TPSA) is 66.8 Å². The number of benzene rings is 2. The molecule has 0 aromatic heterocycles. The highest BCUT2D eigenvalue weighted by Gasteiger charge is 2.33. The molecule has 2 fully saturated rings. The molecule has 0 aliphatic carbocycles. The number of nitrogens with zero attached hydrogens (tertiary/aromatic N) is 4. The van der Waals surface area contributed by atoms with Crippen LogP contribution in [-0.4, -0.2) is 85.5 Å². The van der Waals surface area contributed by atoms with E-state index >= 15 is 0 Å². The molecule has 2 saturated heterocycles. The fourth-order valence-corrected chi connectivity index (χ4v) is 5.37. The number of rotatable bonds is 8. The number of piperidine rings is 1. The van der Waals surface area contributed by atoms with Crippen molar-refractivity contribution >= 4 is 28.9 Å². The molecule has 1 atom stereocenters. The Labute approximate surface area is 230 Å². The van der Waals surface area contributed by atoms with Crippen LogP contribution in [0.2, 0.25) is 5.02 Å². The van der Waals surface area contributed by atoms with Crippen LogP contribution < -0.4 is 14.4 Å². The third-order valence-corrected chi connectivity index (χ3v) is 7.48. The molecule has 2 aromatic rings. The Morgan fingerprint density at radius 3 is 2.45 bits per heavy atom. The minimum Gasteiger partial charge on any atom is -0.490 e. The lowest BCUT2D eigenvalue weighted by Crippen LogP contribution is -2.49. The molecule has 0 bridgehead atoms. The van der Waals surface area contributed by atoms with Crippen LogP contribution in [0.5, 0.6) is 11.5 Å². The van der Waals surface area contributed by atoms with Crippen molar-refractivity contribution in [1.82, 2.24) is 9.80 Å². The number of amides is 1. The van der Waals surface area contributed by atoms with Gasteiger partial charge in [-0.25, -0.2) is 0 Å². The van der Waals surface area contributed by atoms with Gasteiger partial charge >= 0.3 is 0 Å². The lowest BCUT2D eigenvalue weighted by atomic mass is 10.1. The van der Waals surface area contributed by atoms with E-state index < -0.39 is 0 Å². The maximum Gasteiger partial charge on any atom is 0.271 e. The Bertz CT molecular complexity index is 1110. The number of carbonyl (C=O) groups excluding carboxylic acids is 1. The molecule has 3 aliphatic heterocycles. The average molecular weight is 541 g/mol. The van der Waals surface area contributed by atoms with Gasteiger partial charge in [-0.05, 0) is 50.2 Å². The summed E-state index contributed by atoms with van der Waals surface area (Å²) in [5, 5.41) is 4.87. The van der Waals surface area contributed by atoms with Crippen LogP contribution in [0, 0.1) is 0 Å². The molecular formula is C29H37ClN4O4. The fraction of sp³-hybridized carbons (Fsp3) is 0.517. The number of halogens is 1. The standard InChI is InChI=1S/C29H37ClN4O4/c1-21(2)36-28-6-4-3-5-27(28)33-17-15-32(16-18-33)20-25-19-26(31-38-25)29(35)34-13-11-24(12-14-34)37-23-9-7-22(30)8-10-23/h3-10,21,24-25H,11-20H2,1-2H3. The van der Waals surface area contributed by atoms with Gasteiger partial charge in [0.05, 0.1) is 11.8 Å². The van der Waals surface area contributed by atoms with Crippen molar-refractivity contribution in [1.29, 1.82) is 0 Å². The van der Waals surface area contributed by atoms with Crippen molar-refractivity contribution in [3.8, 4) is 11.5 Å². The second kappa shape index (κ2) is 12.3. The van der Waals surface area contributed by atoms with Gasteiger partial charge in [-0.2, -0.15) is 0 Å². The average Bonchev–Trinajstić information content (AvgIpc) is 3.39. The number of ether oxygens (including phenoxy) is 2. The molecule has 1 amide bonds. The molecule has 2 aromatic carbocycles. The van der Waals surface area contributed by atoms with Crippen molar-refractivity contribution in [3.05, 3.63) is 53.6 Å². The predicted molar refractivity (Wildman–Crippen MR) is 149 cm³/mol. The summed E-state index contributed by atoms with van der Waals surface area (Å²) in [5.41, 5.74) is 1.68. The molecule has 5 rings (SSSR count). The summed E-state index contributed by atoms with van der Waals surface area (Å²) in [5.74, 6) is 1.74. The van der Waals surface area contributed by atoms with Crippen molar-refractivity contribution in [2.45, 2.75) is 51.4 Å². The SMILES string of the molecule is CC(C)Oc1ccccc1N1CCN(CC2CC(C(=O)N3CCC(Oc4ccc(Cl)cc4)CC3)=NO2)CC1. The van der Waals surface area contributed by atoms with E-state index in [1.54, 1.807) is 0 Å². The highest BCUT2D eigenvalue weighted by Crippen LogP contribution is 2.30. The smallest absolute Gasteiger partial charge is 0.271 e. The summed E-state index contributed by atoms with van der Waals surface area (Å²) in [6, 6.07) is 15.7. The molecule has 3 aliphatic rings. The van der Waals surface area contributed by atoms with E-state index in [-0.39, 0.29) is 24.2 Å². The first-order valence-electron chi connectivity index (χ1n) is 13.6. The molecule has 38 heavy (non-hydrogen) atoms. The van der Waals surface area contributed by atoms with Crippen LogP contribution in [-0.2, 0) is 9.63 Å². The summed E-state index contributed by atoms with van der Waals surface area (Å²) < 4.78 is 12.1. The van der Waals surface area contributed by atoms with E-state index in [0.717, 1.165) is 62.8 Å². The predicted octanol–water partition coefficient (Wildman–Crippen LogP) is 4.46. The summed E-state index contributed by atoms with van der Waals surface area (Å²) >= 11 is 5.95. The largest absolute Gasteiger partial charge is 0.490 e. The van der Waals surface area contributed by atoms with Crippen LogP contribution in [0.4, 0.5) is 5.69 Å². The van der Waals surface area contributed by atoms with Gasteiger partial charge in [0.1, 0.15) is 29.4 Å². The maximum absolute atomic E-state index is 13.1. The van der Waals surface area contributed by atoms with E-state index in [1.165, 1.54) is 0 Å². The Morgan fingerprint density at radius 2 is 1.74 bits per heavy atom. The zero-order valence-electron chi connectivity index (χ0n) is 22.2.